The number of nitrogens with two attached hydrogens (primary N) is 1. The van der Waals surface area contributed by atoms with Crippen molar-refractivity contribution < 1.29 is 27.5 Å². The van der Waals surface area contributed by atoms with Crippen LogP contribution in [0.3, 0.4) is 0 Å². The van der Waals surface area contributed by atoms with Crippen molar-refractivity contribution >= 4 is 16.9 Å². The second-order valence-electron chi connectivity index (χ2n) is 7.23. The summed E-state index contributed by atoms with van der Waals surface area (Å²) in [5.41, 5.74) is 8.53. The third-order valence-electron chi connectivity index (χ3n) is 5.19. The second-order valence-corrected chi connectivity index (χ2v) is 7.23. The topological polar surface area (TPSA) is 74.7 Å². The second kappa shape index (κ2) is 9.20. The molecule has 0 spiro atoms. The summed E-state index contributed by atoms with van der Waals surface area (Å²) in [6, 6.07) is 14.7. The quantitative estimate of drug-likeness (QED) is 0.406. The first kappa shape index (κ1) is 21.5. The lowest BCUT2D eigenvalue weighted by Gasteiger charge is -2.14. The number of carbonyl (C=O) groups is 1. The van der Waals surface area contributed by atoms with Gasteiger partial charge in [-0.3, -0.25) is 4.79 Å². The van der Waals surface area contributed by atoms with Crippen molar-refractivity contribution in [2.75, 3.05) is 7.11 Å². The Labute approximate surface area is 183 Å². The van der Waals surface area contributed by atoms with Gasteiger partial charge in [-0.25, -0.2) is 8.78 Å². The molecule has 0 saturated heterocycles. The summed E-state index contributed by atoms with van der Waals surface area (Å²) in [4.78, 5) is 11.7. The van der Waals surface area contributed by atoms with Gasteiger partial charge in [0.05, 0.1) is 19.8 Å². The van der Waals surface area contributed by atoms with Gasteiger partial charge in [0.2, 0.25) is 0 Å². The molecule has 0 atom stereocenters. The molecular weight excluding hydrogens is 416 g/mol. The number of hydrogen-bond donors (Lipinski definition) is 1. The number of furan rings is 1. The zero-order chi connectivity index (χ0) is 22.7. The van der Waals surface area contributed by atoms with Gasteiger partial charge in [0.25, 0.3) is 0 Å². The van der Waals surface area contributed by atoms with E-state index < -0.39 is 17.6 Å². The van der Waals surface area contributed by atoms with Crippen molar-refractivity contribution in [1.29, 1.82) is 0 Å². The smallest absolute Gasteiger partial charge is 0.310 e. The summed E-state index contributed by atoms with van der Waals surface area (Å²) in [6.07, 6.45) is 1.40. The Morgan fingerprint density at radius 3 is 2.59 bits per heavy atom. The number of fused-ring (bicyclic) bond motifs is 1. The average Bonchev–Trinajstić information content (AvgIpc) is 3.27. The third kappa shape index (κ3) is 4.20. The van der Waals surface area contributed by atoms with Gasteiger partial charge in [-0.15, -0.1) is 0 Å². The molecule has 0 bridgehead atoms. The van der Waals surface area contributed by atoms with Crippen LogP contribution in [0.1, 0.15) is 16.7 Å². The van der Waals surface area contributed by atoms with E-state index in [4.69, 9.17) is 14.9 Å². The van der Waals surface area contributed by atoms with Gasteiger partial charge in [0.1, 0.15) is 18.0 Å². The predicted octanol–water partition coefficient (Wildman–Crippen LogP) is 5.13. The van der Waals surface area contributed by atoms with Crippen LogP contribution >= 0.6 is 0 Å². The normalized spacial score (nSPS) is 11.0. The maximum atomic E-state index is 15.0. The number of para-hydroxylation sites is 1. The maximum Gasteiger partial charge on any atom is 0.310 e. The fourth-order valence-electron chi connectivity index (χ4n) is 3.61. The lowest BCUT2D eigenvalue weighted by atomic mass is 9.98. The van der Waals surface area contributed by atoms with Crippen LogP contribution in [0.5, 0.6) is 5.75 Å². The van der Waals surface area contributed by atoms with Crippen molar-refractivity contribution in [1.82, 2.24) is 0 Å². The van der Waals surface area contributed by atoms with Gasteiger partial charge in [-0.1, -0.05) is 30.3 Å². The largest absolute Gasteiger partial charge is 0.486 e. The molecule has 0 saturated carbocycles. The van der Waals surface area contributed by atoms with E-state index in [9.17, 15) is 13.6 Å². The van der Waals surface area contributed by atoms with Crippen LogP contribution < -0.4 is 10.5 Å². The van der Waals surface area contributed by atoms with Gasteiger partial charge in [-0.2, -0.15) is 0 Å². The van der Waals surface area contributed by atoms with E-state index >= 15 is 0 Å². The highest BCUT2D eigenvalue weighted by Gasteiger charge is 2.17. The molecule has 1 heterocycles. The number of ether oxygens (including phenoxy) is 2. The van der Waals surface area contributed by atoms with E-state index in [1.54, 1.807) is 36.4 Å². The van der Waals surface area contributed by atoms with E-state index in [1.807, 2.05) is 6.07 Å². The molecule has 4 aromatic rings. The fourth-order valence-corrected chi connectivity index (χ4v) is 3.61. The maximum absolute atomic E-state index is 15.0. The average molecular weight is 437 g/mol. The van der Waals surface area contributed by atoms with Crippen molar-refractivity contribution in [3.63, 3.8) is 0 Å². The van der Waals surface area contributed by atoms with Crippen LogP contribution in [0.4, 0.5) is 8.78 Å². The molecule has 0 amide bonds. The molecule has 7 heteroatoms. The summed E-state index contributed by atoms with van der Waals surface area (Å²) in [5, 5.41) is 0.752. The van der Waals surface area contributed by atoms with E-state index in [0.717, 1.165) is 5.39 Å². The number of esters is 1. The number of hydrogen-bond acceptors (Lipinski definition) is 5. The minimum absolute atomic E-state index is 0.00141. The lowest BCUT2D eigenvalue weighted by molar-refractivity contribution is -0.139. The van der Waals surface area contributed by atoms with Crippen LogP contribution in [0.15, 0.2) is 65.3 Å². The summed E-state index contributed by atoms with van der Waals surface area (Å²) >= 11 is 0. The lowest BCUT2D eigenvalue weighted by Crippen LogP contribution is -2.08. The molecule has 164 valence electrons. The molecule has 3 aromatic carbocycles. The highest BCUT2D eigenvalue weighted by molar-refractivity contribution is 5.93. The SMILES string of the molecule is COC(=O)Cc1cccc(F)c1OCc1cc(-c2cccc(CN)c2F)c2occc2c1. The van der Waals surface area contributed by atoms with Crippen LogP contribution in [-0.2, 0) is 29.1 Å². The van der Waals surface area contributed by atoms with E-state index in [2.05, 4.69) is 4.74 Å². The molecule has 2 N–H and O–H groups in total. The predicted molar refractivity (Wildman–Crippen MR) is 116 cm³/mol. The molecule has 0 aliphatic carbocycles. The first-order valence-corrected chi connectivity index (χ1v) is 9.96. The minimum Gasteiger partial charge on any atom is -0.486 e. The van der Waals surface area contributed by atoms with Crippen LogP contribution in [0.25, 0.3) is 22.1 Å². The summed E-state index contributed by atoms with van der Waals surface area (Å²) in [7, 11) is 1.27. The van der Waals surface area contributed by atoms with Crippen molar-refractivity contribution in [2.45, 2.75) is 19.6 Å². The Morgan fingerprint density at radius 1 is 1.03 bits per heavy atom. The van der Waals surface area contributed by atoms with Gasteiger partial charge < -0.3 is 19.6 Å². The van der Waals surface area contributed by atoms with Crippen LogP contribution in [-0.4, -0.2) is 13.1 Å². The van der Waals surface area contributed by atoms with Gasteiger partial charge in [0, 0.05) is 34.2 Å². The number of methoxy groups -OCH3 is 1. The molecule has 4 rings (SSSR count). The van der Waals surface area contributed by atoms with Gasteiger partial charge >= 0.3 is 5.97 Å². The summed E-state index contributed by atoms with van der Waals surface area (Å²) < 4.78 is 45.5. The van der Waals surface area contributed by atoms with Crippen molar-refractivity contribution in [3.8, 4) is 16.9 Å². The van der Waals surface area contributed by atoms with Crippen LogP contribution in [0, 0.1) is 11.6 Å². The van der Waals surface area contributed by atoms with Crippen LogP contribution in [0.2, 0.25) is 0 Å². The number of halogens is 2. The van der Waals surface area contributed by atoms with E-state index in [1.165, 1.54) is 25.5 Å². The number of benzene rings is 3. The Hall–Kier alpha value is -3.71. The summed E-state index contributed by atoms with van der Waals surface area (Å²) in [5.74, 6) is -1.53. The third-order valence-corrected chi connectivity index (χ3v) is 5.19. The molecule has 5 nitrogen and oxygen atoms in total. The monoisotopic (exact) mass is 437 g/mol. The molecule has 1 aromatic heterocycles. The Kier molecular flexibility index (Phi) is 6.18. The summed E-state index contributed by atoms with van der Waals surface area (Å²) in [6.45, 7) is 0.0709. The Balaban J connectivity index is 1.70. The fraction of sp³-hybridized carbons (Fsp3) is 0.160. The Bertz CT molecular complexity index is 1280. The Morgan fingerprint density at radius 2 is 1.81 bits per heavy atom. The molecule has 0 aliphatic heterocycles. The first-order chi connectivity index (χ1) is 15.5. The number of carbonyl (C=O) groups excluding carboxylic acids is 1. The van der Waals surface area contributed by atoms with E-state index in [0.29, 0.717) is 33.4 Å². The molecule has 0 aliphatic rings. The molecule has 32 heavy (non-hydrogen) atoms. The highest BCUT2D eigenvalue weighted by Crippen LogP contribution is 2.34. The zero-order valence-electron chi connectivity index (χ0n) is 17.4. The van der Waals surface area contributed by atoms with Gasteiger partial charge in [-0.05, 0) is 29.8 Å². The molecule has 0 fully saturated rings. The van der Waals surface area contributed by atoms with Crippen molar-refractivity contribution in [2.24, 2.45) is 5.73 Å². The van der Waals surface area contributed by atoms with Gasteiger partial charge in [0.15, 0.2) is 11.6 Å². The molecule has 0 radical (unpaired) electrons. The zero-order valence-corrected chi connectivity index (χ0v) is 17.4. The van der Waals surface area contributed by atoms with Crippen molar-refractivity contribution in [3.05, 3.63) is 89.2 Å². The minimum atomic E-state index is -0.585. The number of rotatable bonds is 7. The molecule has 0 unspecified atom stereocenters. The standard InChI is InChI=1S/C25H21F2NO4/c1-30-22(29)12-16-4-3-7-21(26)25(16)32-14-15-10-17-8-9-31-24(17)20(11-15)19-6-2-5-18(13-28)23(19)27/h2-11H,12-14,28H2,1H3. The molecular formula is C25H21F2NO4. The highest BCUT2D eigenvalue weighted by atomic mass is 19.1. The van der Waals surface area contributed by atoms with E-state index in [-0.39, 0.29) is 25.3 Å². The first-order valence-electron chi connectivity index (χ1n) is 9.96.